The maximum atomic E-state index is 12.2. The molecule has 1 N–H and O–H groups in total. The molecule has 0 amide bonds. The number of esters is 2. The fourth-order valence-electron chi connectivity index (χ4n) is 3.25. The Labute approximate surface area is 157 Å². The Balaban J connectivity index is 2.31. The van der Waals surface area contributed by atoms with Gasteiger partial charge in [0.05, 0.1) is 6.10 Å². The molecule has 1 aliphatic rings. The largest absolute Gasteiger partial charge is 0.422 e. The minimum atomic E-state index is -0.812. The smallest absolute Gasteiger partial charge is 0.338 e. The Morgan fingerprint density at radius 2 is 1.52 bits per heavy atom. The predicted octanol–water partition coefficient (Wildman–Crippen LogP) is 4.17. The monoisotopic (exact) mass is 366 g/mol. The molecular formula is C22H22O5. The third kappa shape index (κ3) is 3.51. The van der Waals surface area contributed by atoms with Crippen molar-refractivity contribution in [1.29, 1.82) is 0 Å². The average Bonchev–Trinajstić information content (AvgIpc) is 2.63. The van der Waals surface area contributed by atoms with Gasteiger partial charge in [-0.25, -0.2) is 9.59 Å². The van der Waals surface area contributed by atoms with E-state index in [0.29, 0.717) is 46.2 Å². The number of hydrogen-bond donors (Lipinski definition) is 1. The summed E-state index contributed by atoms with van der Waals surface area (Å²) in [7, 11) is 0. The second kappa shape index (κ2) is 7.37. The van der Waals surface area contributed by atoms with Crippen LogP contribution in [0, 0.1) is 0 Å². The zero-order valence-electron chi connectivity index (χ0n) is 15.5. The molecule has 0 saturated carbocycles. The first-order valence-electron chi connectivity index (χ1n) is 8.82. The summed E-state index contributed by atoms with van der Waals surface area (Å²) in [6.45, 7) is 10.4. The van der Waals surface area contributed by atoms with Gasteiger partial charge in [0.2, 0.25) is 0 Å². The van der Waals surface area contributed by atoms with Crippen molar-refractivity contribution in [2.24, 2.45) is 0 Å². The van der Waals surface area contributed by atoms with Crippen LogP contribution in [0.3, 0.4) is 0 Å². The number of fused-ring (bicyclic) bond motifs is 2. The summed E-state index contributed by atoms with van der Waals surface area (Å²) in [6, 6.07) is 7.19. The lowest BCUT2D eigenvalue weighted by Gasteiger charge is -2.27. The Kier molecular flexibility index (Phi) is 5.15. The van der Waals surface area contributed by atoms with Crippen LogP contribution >= 0.6 is 0 Å². The fraction of sp³-hybridized carbons (Fsp3) is 0.273. The normalized spacial score (nSPS) is 15.7. The zero-order valence-corrected chi connectivity index (χ0v) is 15.5. The van der Waals surface area contributed by atoms with E-state index in [1.807, 2.05) is 6.07 Å². The Morgan fingerprint density at radius 3 is 2.07 bits per heavy atom. The summed E-state index contributed by atoms with van der Waals surface area (Å²) in [5.74, 6) is -0.403. The maximum absolute atomic E-state index is 12.2. The van der Waals surface area contributed by atoms with Crippen LogP contribution in [0.2, 0.25) is 0 Å². The highest BCUT2D eigenvalue weighted by molar-refractivity contribution is 6.01. The molecule has 0 radical (unpaired) electrons. The molecule has 0 aromatic heterocycles. The number of benzene rings is 2. The molecule has 1 atom stereocenters. The molecule has 1 aliphatic carbocycles. The molecule has 0 aliphatic heterocycles. The quantitative estimate of drug-likeness (QED) is 0.499. The van der Waals surface area contributed by atoms with Gasteiger partial charge in [-0.15, -0.1) is 0 Å². The maximum Gasteiger partial charge on any atom is 0.338 e. The van der Waals surface area contributed by atoms with Gasteiger partial charge < -0.3 is 14.6 Å². The highest BCUT2D eigenvalue weighted by atomic mass is 16.5. The molecule has 0 bridgehead atoms. The lowest BCUT2D eigenvalue weighted by atomic mass is 9.85. The molecule has 2 aromatic rings. The van der Waals surface area contributed by atoms with E-state index < -0.39 is 18.0 Å². The molecule has 140 valence electrons. The van der Waals surface area contributed by atoms with Crippen molar-refractivity contribution in [1.82, 2.24) is 0 Å². The van der Waals surface area contributed by atoms with Crippen LogP contribution in [0.4, 0.5) is 0 Å². The summed E-state index contributed by atoms with van der Waals surface area (Å²) in [6.07, 6.45) is 1.07. The lowest BCUT2D eigenvalue weighted by molar-refractivity contribution is -0.131. The van der Waals surface area contributed by atoms with Gasteiger partial charge in [-0.1, -0.05) is 37.4 Å². The van der Waals surface area contributed by atoms with Crippen LogP contribution in [0.15, 0.2) is 48.6 Å². The van der Waals surface area contributed by atoms with Gasteiger partial charge in [0, 0.05) is 33.0 Å². The lowest BCUT2D eigenvalue weighted by Crippen LogP contribution is -2.18. The Bertz CT molecular complexity index is 970. The molecule has 0 saturated heterocycles. The van der Waals surface area contributed by atoms with Gasteiger partial charge in [-0.2, -0.15) is 0 Å². The summed E-state index contributed by atoms with van der Waals surface area (Å²) in [5.41, 5.74) is 1.73. The number of hydrogen-bond acceptors (Lipinski definition) is 5. The topological polar surface area (TPSA) is 72.8 Å². The van der Waals surface area contributed by atoms with E-state index in [1.165, 1.54) is 0 Å². The number of carbonyl (C=O) groups is 2. The Hall–Kier alpha value is -2.92. The summed E-state index contributed by atoms with van der Waals surface area (Å²) < 4.78 is 11.2. The molecule has 27 heavy (non-hydrogen) atoms. The number of ether oxygens (including phenoxy) is 2. The van der Waals surface area contributed by atoms with Crippen molar-refractivity contribution in [2.75, 3.05) is 0 Å². The molecule has 0 fully saturated rings. The van der Waals surface area contributed by atoms with Crippen molar-refractivity contribution in [3.05, 3.63) is 59.7 Å². The molecular weight excluding hydrogens is 344 g/mol. The Morgan fingerprint density at radius 1 is 1.00 bits per heavy atom. The zero-order chi connectivity index (χ0) is 19.7. The number of aliphatic hydroxyl groups excluding tert-OH is 1. The van der Waals surface area contributed by atoms with E-state index in [9.17, 15) is 14.7 Å². The van der Waals surface area contributed by atoms with Gasteiger partial charge in [0.1, 0.15) is 11.5 Å². The van der Waals surface area contributed by atoms with E-state index in [1.54, 1.807) is 32.0 Å². The van der Waals surface area contributed by atoms with E-state index in [4.69, 9.17) is 9.47 Å². The van der Waals surface area contributed by atoms with Crippen molar-refractivity contribution in [3.8, 4) is 11.5 Å². The summed E-state index contributed by atoms with van der Waals surface area (Å²) in [5, 5.41) is 11.9. The molecule has 1 unspecified atom stereocenters. The molecule has 5 nitrogen and oxygen atoms in total. The van der Waals surface area contributed by atoms with Crippen LogP contribution in [0.5, 0.6) is 11.5 Å². The van der Waals surface area contributed by atoms with Gasteiger partial charge in [-0.05, 0) is 33.1 Å². The average molecular weight is 366 g/mol. The van der Waals surface area contributed by atoms with Crippen LogP contribution in [0.1, 0.15) is 43.9 Å². The van der Waals surface area contributed by atoms with Crippen LogP contribution in [-0.4, -0.2) is 17.0 Å². The SMILES string of the molecule is C=C(C)C(=O)Oc1c2c(c(OC(=O)C(=C)C)c3ccccc13)C(O)CCC2. The first-order valence-corrected chi connectivity index (χ1v) is 8.82. The van der Waals surface area contributed by atoms with Gasteiger partial charge in [0.15, 0.2) is 0 Å². The third-order valence-electron chi connectivity index (χ3n) is 4.58. The first kappa shape index (κ1) is 18.9. The number of carbonyl (C=O) groups excluding carboxylic acids is 2. The van der Waals surface area contributed by atoms with E-state index in [2.05, 4.69) is 13.2 Å². The molecule has 3 rings (SSSR count). The minimum Gasteiger partial charge on any atom is -0.422 e. The van der Waals surface area contributed by atoms with Crippen molar-refractivity contribution >= 4 is 22.7 Å². The van der Waals surface area contributed by atoms with Crippen molar-refractivity contribution in [3.63, 3.8) is 0 Å². The second-order valence-electron chi connectivity index (χ2n) is 6.84. The van der Waals surface area contributed by atoms with Gasteiger partial charge in [-0.3, -0.25) is 0 Å². The second-order valence-corrected chi connectivity index (χ2v) is 6.84. The summed E-state index contributed by atoms with van der Waals surface area (Å²) in [4.78, 5) is 24.4. The van der Waals surface area contributed by atoms with Crippen LogP contribution in [0.25, 0.3) is 10.8 Å². The molecule has 0 heterocycles. The van der Waals surface area contributed by atoms with Crippen LogP contribution in [-0.2, 0) is 16.0 Å². The van der Waals surface area contributed by atoms with Gasteiger partial charge in [0.25, 0.3) is 0 Å². The van der Waals surface area contributed by atoms with Crippen LogP contribution < -0.4 is 9.47 Å². The van der Waals surface area contributed by atoms with Crippen molar-refractivity contribution in [2.45, 2.75) is 39.2 Å². The van der Waals surface area contributed by atoms with E-state index in [0.717, 1.165) is 6.42 Å². The van der Waals surface area contributed by atoms with E-state index in [-0.39, 0.29) is 11.1 Å². The molecule has 5 heteroatoms. The first-order chi connectivity index (χ1) is 12.8. The summed E-state index contributed by atoms with van der Waals surface area (Å²) >= 11 is 0. The third-order valence-corrected chi connectivity index (χ3v) is 4.58. The van der Waals surface area contributed by atoms with E-state index >= 15 is 0 Å². The van der Waals surface area contributed by atoms with Crippen molar-refractivity contribution < 1.29 is 24.2 Å². The van der Waals surface area contributed by atoms with Gasteiger partial charge >= 0.3 is 11.9 Å². The predicted molar refractivity (Wildman–Crippen MR) is 103 cm³/mol. The highest BCUT2D eigenvalue weighted by Gasteiger charge is 2.31. The fourth-order valence-corrected chi connectivity index (χ4v) is 3.25. The number of rotatable bonds is 4. The number of aliphatic hydroxyl groups is 1. The standard InChI is InChI=1S/C22H22O5/c1-12(2)21(24)26-19-14-8-5-6-9-15(14)20(27-22(25)13(3)4)18-16(19)10-7-11-17(18)23/h5-6,8-9,17,23H,1,3,7,10-11H2,2,4H3. The minimum absolute atomic E-state index is 0.260. The molecule has 0 spiro atoms. The highest BCUT2D eigenvalue weighted by Crippen LogP contribution is 2.47. The molecule has 2 aromatic carbocycles.